The first-order valence-electron chi connectivity index (χ1n) is 9.00. The van der Waals surface area contributed by atoms with Gasteiger partial charge in [0.15, 0.2) is 5.82 Å². The van der Waals surface area contributed by atoms with Crippen LogP contribution in [0.15, 0.2) is 4.52 Å². The van der Waals surface area contributed by atoms with Crippen molar-refractivity contribution in [2.24, 2.45) is 0 Å². The van der Waals surface area contributed by atoms with Gasteiger partial charge in [-0.2, -0.15) is 4.98 Å². The van der Waals surface area contributed by atoms with Gasteiger partial charge in [-0.1, -0.05) is 19.0 Å². The molecular weight excluding hydrogens is 292 g/mol. The summed E-state index contributed by atoms with van der Waals surface area (Å²) in [6.45, 7) is 7.80. The summed E-state index contributed by atoms with van der Waals surface area (Å²) in [4.78, 5) is 21.3. The van der Waals surface area contributed by atoms with Crippen LogP contribution in [-0.2, 0) is 4.79 Å². The van der Waals surface area contributed by atoms with Gasteiger partial charge in [-0.15, -0.1) is 0 Å². The van der Waals surface area contributed by atoms with Gasteiger partial charge in [0.05, 0.1) is 6.04 Å². The fourth-order valence-corrected chi connectivity index (χ4v) is 3.54. The average molecular weight is 320 g/mol. The van der Waals surface area contributed by atoms with Crippen molar-refractivity contribution in [1.82, 2.24) is 19.9 Å². The van der Waals surface area contributed by atoms with E-state index in [9.17, 15) is 4.79 Å². The highest BCUT2D eigenvalue weighted by Crippen LogP contribution is 2.31. The number of carbonyl (C=O) groups is 1. The van der Waals surface area contributed by atoms with E-state index in [0.717, 1.165) is 57.7 Å². The molecule has 0 unspecified atom stereocenters. The van der Waals surface area contributed by atoms with Gasteiger partial charge in [-0.3, -0.25) is 9.69 Å². The van der Waals surface area contributed by atoms with Crippen molar-refractivity contribution in [3.05, 3.63) is 11.7 Å². The molecule has 1 aromatic rings. The van der Waals surface area contributed by atoms with Crippen LogP contribution in [0, 0.1) is 0 Å². The Bertz CT molecular complexity index is 522. The van der Waals surface area contributed by atoms with Gasteiger partial charge in [-0.05, 0) is 38.6 Å². The normalized spacial score (nSPS) is 22.9. The van der Waals surface area contributed by atoms with Gasteiger partial charge in [0, 0.05) is 32.0 Å². The number of piperidine rings is 1. The molecule has 6 nitrogen and oxygen atoms in total. The van der Waals surface area contributed by atoms with Gasteiger partial charge in [-0.25, -0.2) is 0 Å². The van der Waals surface area contributed by atoms with Crippen molar-refractivity contribution in [2.75, 3.05) is 26.2 Å². The molecule has 0 N–H and O–H groups in total. The van der Waals surface area contributed by atoms with Crippen LogP contribution in [-0.4, -0.2) is 52.0 Å². The lowest BCUT2D eigenvalue weighted by atomic mass is 10.1. The first-order valence-corrected chi connectivity index (χ1v) is 9.00. The molecule has 2 aliphatic rings. The Morgan fingerprint density at radius 1 is 1.22 bits per heavy atom. The monoisotopic (exact) mass is 320 g/mol. The van der Waals surface area contributed by atoms with E-state index in [2.05, 4.69) is 28.9 Å². The summed E-state index contributed by atoms with van der Waals surface area (Å²) in [7, 11) is 0. The third kappa shape index (κ3) is 3.91. The van der Waals surface area contributed by atoms with Crippen molar-refractivity contribution in [2.45, 2.75) is 64.3 Å². The SMILES string of the molecule is CC(C)c1nc([C@@H]2CCCN2CCC(=O)N2CCCCC2)no1. The van der Waals surface area contributed by atoms with E-state index in [1.165, 1.54) is 6.42 Å². The Morgan fingerprint density at radius 2 is 2.00 bits per heavy atom. The Labute approximate surface area is 138 Å². The molecule has 128 valence electrons. The predicted molar refractivity (Wildman–Crippen MR) is 87.0 cm³/mol. The molecule has 0 radical (unpaired) electrons. The minimum Gasteiger partial charge on any atom is -0.343 e. The lowest BCUT2D eigenvalue weighted by molar-refractivity contribution is -0.132. The fraction of sp³-hybridized carbons (Fsp3) is 0.824. The van der Waals surface area contributed by atoms with Crippen molar-refractivity contribution in [1.29, 1.82) is 0 Å². The number of rotatable bonds is 5. The molecule has 0 aromatic carbocycles. The molecule has 1 aromatic heterocycles. The van der Waals surface area contributed by atoms with Crippen LogP contribution in [0.5, 0.6) is 0 Å². The summed E-state index contributed by atoms with van der Waals surface area (Å²) in [6.07, 6.45) is 6.35. The van der Waals surface area contributed by atoms with Gasteiger partial charge >= 0.3 is 0 Å². The number of carbonyl (C=O) groups excluding carboxylic acids is 1. The molecule has 0 spiro atoms. The smallest absolute Gasteiger partial charge is 0.229 e. The predicted octanol–water partition coefficient (Wildman–Crippen LogP) is 2.73. The summed E-state index contributed by atoms with van der Waals surface area (Å²) in [5, 5.41) is 4.16. The highest BCUT2D eigenvalue weighted by atomic mass is 16.5. The lowest BCUT2D eigenvalue weighted by Gasteiger charge is -2.28. The van der Waals surface area contributed by atoms with Crippen LogP contribution in [0.4, 0.5) is 0 Å². The number of amides is 1. The number of hydrogen-bond donors (Lipinski definition) is 0. The van der Waals surface area contributed by atoms with E-state index in [1.54, 1.807) is 0 Å². The molecule has 0 bridgehead atoms. The van der Waals surface area contributed by atoms with Crippen molar-refractivity contribution >= 4 is 5.91 Å². The standard InChI is InChI=1S/C17H28N4O2/c1-13(2)17-18-16(19-23-17)14-7-6-11-20(14)12-8-15(22)21-9-4-3-5-10-21/h13-14H,3-12H2,1-2H3/t14-/m0/s1. The molecule has 2 fully saturated rings. The fourth-order valence-electron chi connectivity index (χ4n) is 3.54. The molecule has 0 aliphatic carbocycles. The van der Waals surface area contributed by atoms with Gasteiger partial charge < -0.3 is 9.42 Å². The first-order chi connectivity index (χ1) is 11.1. The minimum atomic E-state index is 0.209. The summed E-state index contributed by atoms with van der Waals surface area (Å²) < 4.78 is 5.34. The van der Waals surface area contributed by atoms with Crippen molar-refractivity contribution in [3.63, 3.8) is 0 Å². The third-order valence-electron chi connectivity index (χ3n) is 4.93. The van der Waals surface area contributed by atoms with E-state index in [4.69, 9.17) is 4.52 Å². The van der Waals surface area contributed by atoms with E-state index < -0.39 is 0 Å². The summed E-state index contributed by atoms with van der Waals surface area (Å²) in [5.41, 5.74) is 0. The largest absolute Gasteiger partial charge is 0.343 e. The highest BCUT2D eigenvalue weighted by Gasteiger charge is 2.31. The summed E-state index contributed by atoms with van der Waals surface area (Å²) in [5.74, 6) is 2.05. The molecule has 2 saturated heterocycles. The topological polar surface area (TPSA) is 62.5 Å². The van der Waals surface area contributed by atoms with Crippen LogP contribution in [0.3, 0.4) is 0 Å². The number of aromatic nitrogens is 2. The maximum atomic E-state index is 12.3. The first kappa shape index (κ1) is 16.4. The van der Waals surface area contributed by atoms with Crippen LogP contribution in [0.2, 0.25) is 0 Å². The van der Waals surface area contributed by atoms with E-state index >= 15 is 0 Å². The molecule has 3 rings (SSSR count). The lowest BCUT2D eigenvalue weighted by Crippen LogP contribution is -2.37. The zero-order valence-electron chi connectivity index (χ0n) is 14.3. The zero-order chi connectivity index (χ0) is 16.2. The summed E-state index contributed by atoms with van der Waals surface area (Å²) >= 11 is 0. The van der Waals surface area contributed by atoms with Crippen LogP contribution >= 0.6 is 0 Å². The molecule has 6 heteroatoms. The van der Waals surface area contributed by atoms with Gasteiger partial charge in [0.1, 0.15) is 0 Å². The second-order valence-electron chi connectivity index (χ2n) is 7.03. The Kier molecular flexibility index (Phi) is 5.30. The number of hydrogen-bond acceptors (Lipinski definition) is 5. The Morgan fingerprint density at radius 3 is 2.70 bits per heavy atom. The molecule has 1 amide bonds. The zero-order valence-corrected chi connectivity index (χ0v) is 14.3. The Balaban J connectivity index is 1.55. The van der Waals surface area contributed by atoms with Crippen molar-refractivity contribution < 1.29 is 9.32 Å². The van der Waals surface area contributed by atoms with E-state index in [1.807, 2.05) is 4.90 Å². The van der Waals surface area contributed by atoms with Gasteiger partial charge in [0.25, 0.3) is 0 Å². The molecule has 2 aliphatic heterocycles. The second kappa shape index (κ2) is 7.43. The number of likely N-dealkylation sites (tertiary alicyclic amines) is 2. The van der Waals surface area contributed by atoms with Gasteiger partial charge in [0.2, 0.25) is 11.8 Å². The summed E-state index contributed by atoms with van der Waals surface area (Å²) in [6, 6.07) is 0.209. The minimum absolute atomic E-state index is 0.209. The van der Waals surface area contributed by atoms with Crippen molar-refractivity contribution in [3.8, 4) is 0 Å². The number of nitrogens with zero attached hydrogens (tertiary/aromatic N) is 4. The highest BCUT2D eigenvalue weighted by molar-refractivity contribution is 5.76. The van der Waals surface area contributed by atoms with E-state index in [0.29, 0.717) is 18.2 Å². The Hall–Kier alpha value is -1.43. The maximum Gasteiger partial charge on any atom is 0.229 e. The molecule has 23 heavy (non-hydrogen) atoms. The third-order valence-corrected chi connectivity index (χ3v) is 4.93. The molecular formula is C17H28N4O2. The molecule has 3 heterocycles. The second-order valence-corrected chi connectivity index (χ2v) is 7.03. The average Bonchev–Trinajstić information content (AvgIpc) is 3.22. The maximum absolute atomic E-state index is 12.3. The van der Waals surface area contributed by atoms with Crippen LogP contribution in [0.25, 0.3) is 0 Å². The quantitative estimate of drug-likeness (QED) is 0.835. The molecule has 1 atom stereocenters. The van der Waals surface area contributed by atoms with Crippen LogP contribution in [0.1, 0.15) is 76.0 Å². The molecule has 0 saturated carbocycles. The van der Waals surface area contributed by atoms with E-state index in [-0.39, 0.29) is 12.0 Å². The van der Waals surface area contributed by atoms with Crippen LogP contribution < -0.4 is 0 Å².